The topological polar surface area (TPSA) is 32.8 Å². The summed E-state index contributed by atoms with van der Waals surface area (Å²) in [6.07, 6.45) is -11.8. The van der Waals surface area contributed by atoms with E-state index in [1.807, 2.05) is 4.90 Å². The highest BCUT2D eigenvalue weighted by molar-refractivity contribution is 6.31. The quantitative estimate of drug-likeness (QED) is 0.409. The Morgan fingerprint density at radius 1 is 1.03 bits per heavy atom. The molecule has 1 unspecified atom stereocenters. The maximum atomic E-state index is 13.8. The largest absolute Gasteiger partial charge is 0.416 e. The number of halogens is 8. The molecule has 2 aliphatic heterocycles. The van der Waals surface area contributed by atoms with Crippen molar-refractivity contribution in [3.05, 3.63) is 69.5 Å². The highest BCUT2D eigenvalue weighted by atomic mass is 35.5. The van der Waals surface area contributed by atoms with Crippen molar-refractivity contribution >= 4 is 17.5 Å². The number of hydrogen-bond donors (Lipinski definition) is 0. The van der Waals surface area contributed by atoms with Crippen LogP contribution in [0.25, 0.3) is 0 Å². The zero-order valence-electron chi connectivity index (χ0n) is 20.0. The van der Waals surface area contributed by atoms with Gasteiger partial charge in [-0.05, 0) is 62.5 Å². The summed E-state index contributed by atoms with van der Waals surface area (Å²) in [6.45, 7) is 1.41. The Morgan fingerprint density at radius 3 is 2.14 bits per heavy atom. The van der Waals surface area contributed by atoms with Crippen molar-refractivity contribution in [1.29, 1.82) is 0 Å². The fourth-order valence-corrected chi connectivity index (χ4v) is 5.59. The van der Waals surface area contributed by atoms with Crippen LogP contribution in [0.1, 0.15) is 47.6 Å². The molecule has 12 heteroatoms. The summed E-state index contributed by atoms with van der Waals surface area (Å²) in [4.78, 5) is 16.3. The smallest absolute Gasteiger partial charge is 0.368 e. The average Bonchev–Trinajstić information content (AvgIpc) is 3.29. The number of hydrogen-bond acceptors (Lipinski definition) is 3. The van der Waals surface area contributed by atoms with E-state index in [4.69, 9.17) is 16.3 Å². The van der Waals surface area contributed by atoms with Gasteiger partial charge in [-0.15, -0.1) is 0 Å². The average molecular weight is 553 g/mol. The summed E-state index contributed by atoms with van der Waals surface area (Å²) in [5.74, 6) is -1.34. The maximum absolute atomic E-state index is 13.8. The van der Waals surface area contributed by atoms with Crippen LogP contribution in [0.5, 0.6) is 0 Å². The Hall–Kier alpha value is -2.37. The van der Waals surface area contributed by atoms with E-state index >= 15 is 0 Å². The molecule has 202 valence electrons. The van der Waals surface area contributed by atoms with Crippen molar-refractivity contribution in [2.45, 2.75) is 55.9 Å². The normalized spacial score (nSPS) is 25.2. The van der Waals surface area contributed by atoms with Gasteiger partial charge >= 0.3 is 12.4 Å². The van der Waals surface area contributed by atoms with Gasteiger partial charge in [0.25, 0.3) is 0 Å². The Balaban J connectivity index is 1.73. The first-order valence-corrected chi connectivity index (χ1v) is 11.8. The number of nitrogens with zero attached hydrogens (tertiary/aromatic N) is 2. The standard InChI is InChI=1S/C25H24ClF7N2O2/c1-12(13-6-14(24(28,29)30)8-15(7-13)25(31,32)33)37-20-11-35-21(36)10-19(34(2)3)23(35)22(20)17-5-4-16(27)9-18(17)26/h4-9,12,19-20,22-23H,10-11H2,1-3H3/t12-,19?,20+,22-,23+/m1/s1. The van der Waals surface area contributed by atoms with Gasteiger partial charge in [-0.3, -0.25) is 4.79 Å². The van der Waals surface area contributed by atoms with Crippen LogP contribution in [0.4, 0.5) is 30.7 Å². The molecule has 4 rings (SSSR count). The number of alkyl halides is 6. The lowest BCUT2D eigenvalue weighted by molar-refractivity contribution is -0.143. The summed E-state index contributed by atoms with van der Waals surface area (Å²) in [7, 11) is 3.59. The third-order valence-electron chi connectivity index (χ3n) is 7.05. The van der Waals surface area contributed by atoms with Crippen molar-refractivity contribution < 1.29 is 40.3 Å². The SMILES string of the molecule is C[C@@H](O[C@H]1CN2C(=O)CC(N(C)C)[C@H]2[C@@H]1c1ccc(F)cc1Cl)c1cc(C(F)(F)F)cc(C(F)(F)F)c1. The van der Waals surface area contributed by atoms with E-state index in [1.54, 1.807) is 19.0 Å². The molecule has 0 N–H and O–H groups in total. The summed E-state index contributed by atoms with van der Waals surface area (Å²) < 4.78 is 100. The first-order valence-electron chi connectivity index (χ1n) is 11.4. The van der Waals surface area contributed by atoms with Gasteiger partial charge in [0.2, 0.25) is 5.91 Å². The molecule has 0 aliphatic carbocycles. The summed E-state index contributed by atoms with van der Waals surface area (Å²) in [5.41, 5.74) is -2.72. The lowest BCUT2D eigenvalue weighted by Gasteiger charge is -2.32. The molecule has 5 atom stereocenters. The lowest BCUT2D eigenvalue weighted by atomic mass is 9.85. The van der Waals surface area contributed by atoms with Crippen LogP contribution >= 0.6 is 11.6 Å². The number of carbonyl (C=O) groups excluding carboxylic acids is 1. The minimum absolute atomic E-state index is 0.0572. The van der Waals surface area contributed by atoms with Crippen LogP contribution in [0.15, 0.2) is 36.4 Å². The van der Waals surface area contributed by atoms with E-state index in [0.717, 1.165) is 6.07 Å². The molecule has 4 nitrogen and oxygen atoms in total. The number of ether oxygens (including phenoxy) is 1. The Kier molecular flexibility index (Phi) is 7.28. The molecule has 2 aromatic carbocycles. The van der Waals surface area contributed by atoms with Gasteiger partial charge in [-0.25, -0.2) is 4.39 Å². The van der Waals surface area contributed by atoms with Gasteiger partial charge in [-0.1, -0.05) is 17.7 Å². The summed E-state index contributed by atoms with van der Waals surface area (Å²) in [5, 5.41) is 0.0865. The Morgan fingerprint density at radius 2 is 1.62 bits per heavy atom. The maximum Gasteiger partial charge on any atom is 0.416 e. The van der Waals surface area contributed by atoms with Crippen molar-refractivity contribution in [3.63, 3.8) is 0 Å². The summed E-state index contributed by atoms with van der Waals surface area (Å²) >= 11 is 6.36. The van der Waals surface area contributed by atoms with Crippen molar-refractivity contribution in [2.75, 3.05) is 20.6 Å². The van der Waals surface area contributed by atoms with Crippen LogP contribution in [-0.4, -0.2) is 54.5 Å². The highest BCUT2D eigenvalue weighted by Gasteiger charge is 2.54. The number of likely N-dealkylation sites (N-methyl/N-ethyl adjacent to an activating group) is 1. The molecule has 2 saturated heterocycles. The van der Waals surface area contributed by atoms with E-state index in [2.05, 4.69) is 0 Å². The molecule has 0 spiro atoms. The molecular weight excluding hydrogens is 529 g/mol. The van der Waals surface area contributed by atoms with E-state index < -0.39 is 53.5 Å². The van der Waals surface area contributed by atoms with Crippen LogP contribution in [0, 0.1) is 5.82 Å². The minimum atomic E-state index is -5.00. The van der Waals surface area contributed by atoms with E-state index in [-0.39, 0.29) is 41.6 Å². The van der Waals surface area contributed by atoms with Gasteiger partial charge in [0.1, 0.15) is 5.82 Å². The zero-order valence-corrected chi connectivity index (χ0v) is 20.8. The van der Waals surface area contributed by atoms with Crippen molar-refractivity contribution in [2.24, 2.45) is 0 Å². The highest BCUT2D eigenvalue weighted by Crippen LogP contribution is 2.46. The molecule has 2 aliphatic rings. The number of amides is 1. The third-order valence-corrected chi connectivity index (χ3v) is 7.37. The van der Waals surface area contributed by atoms with Gasteiger partial charge in [0.05, 0.1) is 29.4 Å². The van der Waals surface area contributed by atoms with Gasteiger partial charge in [0, 0.05) is 29.9 Å². The second-order valence-electron chi connectivity index (χ2n) is 9.62. The zero-order chi connectivity index (χ0) is 27.4. The monoisotopic (exact) mass is 552 g/mol. The van der Waals surface area contributed by atoms with Crippen molar-refractivity contribution in [1.82, 2.24) is 9.80 Å². The van der Waals surface area contributed by atoms with Gasteiger partial charge < -0.3 is 14.5 Å². The molecule has 37 heavy (non-hydrogen) atoms. The van der Waals surface area contributed by atoms with Gasteiger partial charge in [-0.2, -0.15) is 26.3 Å². The molecule has 2 heterocycles. The minimum Gasteiger partial charge on any atom is -0.368 e. The third kappa shape index (κ3) is 5.44. The molecule has 0 bridgehead atoms. The fraction of sp³-hybridized carbons (Fsp3) is 0.480. The van der Waals surface area contributed by atoms with E-state index in [1.165, 1.54) is 19.1 Å². The van der Waals surface area contributed by atoms with E-state index in [0.29, 0.717) is 17.7 Å². The first kappa shape index (κ1) is 27.7. The molecule has 0 radical (unpaired) electrons. The van der Waals surface area contributed by atoms with Crippen LogP contribution in [0.2, 0.25) is 5.02 Å². The second-order valence-corrected chi connectivity index (χ2v) is 10.0. The Labute approximate surface area is 213 Å². The summed E-state index contributed by atoms with van der Waals surface area (Å²) in [6, 6.07) is 4.41. The number of carbonyl (C=O) groups is 1. The lowest BCUT2D eigenvalue weighted by Crippen LogP contribution is -2.42. The number of rotatable bonds is 5. The fourth-order valence-electron chi connectivity index (χ4n) is 5.30. The van der Waals surface area contributed by atoms with Crippen LogP contribution in [-0.2, 0) is 21.9 Å². The van der Waals surface area contributed by atoms with Crippen LogP contribution in [0.3, 0.4) is 0 Å². The predicted octanol–water partition coefficient (Wildman–Crippen LogP) is 6.29. The van der Waals surface area contributed by atoms with Gasteiger partial charge in [0.15, 0.2) is 0 Å². The number of benzene rings is 2. The first-order chi connectivity index (χ1) is 17.1. The van der Waals surface area contributed by atoms with Crippen molar-refractivity contribution in [3.8, 4) is 0 Å². The van der Waals surface area contributed by atoms with Crippen LogP contribution < -0.4 is 0 Å². The molecule has 1 amide bonds. The Bertz CT molecular complexity index is 1150. The second kappa shape index (κ2) is 9.74. The molecule has 2 aromatic rings. The molecule has 0 aromatic heterocycles. The van der Waals surface area contributed by atoms with E-state index in [9.17, 15) is 35.5 Å². The molecular formula is C25H24ClF7N2O2. The molecule has 2 fully saturated rings. The molecule has 0 saturated carbocycles. The predicted molar refractivity (Wildman–Crippen MR) is 121 cm³/mol. The number of fused-ring (bicyclic) bond motifs is 1.